The molecule has 1 heterocycles. The van der Waals surface area contributed by atoms with Gasteiger partial charge >= 0.3 is 0 Å². The zero-order valence-electron chi connectivity index (χ0n) is 7.25. The van der Waals surface area contributed by atoms with Crippen molar-refractivity contribution in [3.05, 3.63) is 0 Å². The van der Waals surface area contributed by atoms with Gasteiger partial charge < -0.3 is 4.74 Å². The fraction of sp³-hybridized carbons (Fsp3) is 1.00. The van der Waals surface area contributed by atoms with Crippen molar-refractivity contribution in [2.24, 2.45) is 5.92 Å². The lowest BCUT2D eigenvalue weighted by atomic mass is 10.0. The van der Waals surface area contributed by atoms with Crippen molar-refractivity contribution in [1.82, 2.24) is 4.72 Å². The van der Waals surface area contributed by atoms with Crippen LogP contribution in [0.2, 0.25) is 0 Å². The van der Waals surface area contributed by atoms with Gasteiger partial charge in [0, 0.05) is 13.2 Å². The molecule has 0 aromatic rings. The van der Waals surface area contributed by atoms with Crippen LogP contribution < -0.4 is 4.72 Å². The molecule has 5 heteroatoms. The first-order valence-corrected chi connectivity index (χ1v) is 5.99. The van der Waals surface area contributed by atoms with Gasteiger partial charge in [-0.05, 0) is 18.8 Å². The Kier molecular flexibility index (Phi) is 3.49. The molecule has 4 nitrogen and oxygen atoms in total. The van der Waals surface area contributed by atoms with E-state index in [1.807, 2.05) is 0 Å². The molecule has 1 saturated heterocycles. The zero-order valence-corrected chi connectivity index (χ0v) is 8.06. The molecule has 0 amide bonds. The van der Waals surface area contributed by atoms with Crippen LogP contribution in [0.3, 0.4) is 0 Å². The summed E-state index contributed by atoms with van der Waals surface area (Å²) >= 11 is 0. The molecule has 0 aromatic carbocycles. The molecular formula is C7H15NO3S. The lowest BCUT2D eigenvalue weighted by molar-refractivity contribution is 0.0568. The summed E-state index contributed by atoms with van der Waals surface area (Å²) in [5.41, 5.74) is 0. The molecule has 1 unspecified atom stereocenters. The summed E-state index contributed by atoms with van der Waals surface area (Å²) in [6, 6.07) is 0. The van der Waals surface area contributed by atoms with Gasteiger partial charge in [0.05, 0.1) is 12.9 Å². The number of rotatable bonds is 3. The minimum absolute atomic E-state index is 0.355. The topological polar surface area (TPSA) is 55.4 Å². The Labute approximate surface area is 73.3 Å². The Bertz CT molecular complexity index is 219. The van der Waals surface area contributed by atoms with Gasteiger partial charge in [-0.15, -0.1) is 0 Å². The molecular weight excluding hydrogens is 178 g/mol. The van der Waals surface area contributed by atoms with Gasteiger partial charge in [-0.3, -0.25) is 0 Å². The Hall–Kier alpha value is -0.130. The average Bonchev–Trinajstić information content (AvgIpc) is 2.02. The van der Waals surface area contributed by atoms with E-state index in [0.717, 1.165) is 19.4 Å². The third-order valence-electron chi connectivity index (χ3n) is 1.89. The normalized spacial score (nSPS) is 25.6. The zero-order chi connectivity index (χ0) is 9.03. The molecule has 0 spiro atoms. The van der Waals surface area contributed by atoms with Crippen LogP contribution >= 0.6 is 0 Å². The van der Waals surface area contributed by atoms with Crippen molar-refractivity contribution >= 4 is 10.0 Å². The van der Waals surface area contributed by atoms with E-state index in [4.69, 9.17) is 4.74 Å². The molecule has 12 heavy (non-hydrogen) atoms. The molecule has 1 atom stereocenters. The monoisotopic (exact) mass is 193 g/mol. The molecule has 1 fully saturated rings. The number of hydrogen-bond donors (Lipinski definition) is 1. The van der Waals surface area contributed by atoms with Crippen LogP contribution in [0, 0.1) is 5.92 Å². The highest BCUT2D eigenvalue weighted by Gasteiger charge is 2.14. The van der Waals surface area contributed by atoms with Gasteiger partial charge in [-0.1, -0.05) is 0 Å². The maximum absolute atomic E-state index is 10.7. The predicted molar refractivity (Wildman–Crippen MR) is 46.4 cm³/mol. The van der Waals surface area contributed by atoms with E-state index in [2.05, 4.69) is 4.72 Å². The smallest absolute Gasteiger partial charge is 0.208 e. The number of ether oxygens (including phenoxy) is 1. The second-order valence-electron chi connectivity index (χ2n) is 3.20. The van der Waals surface area contributed by atoms with Crippen molar-refractivity contribution in [2.75, 3.05) is 26.0 Å². The van der Waals surface area contributed by atoms with E-state index in [1.165, 1.54) is 6.26 Å². The van der Waals surface area contributed by atoms with Gasteiger partial charge in [0.1, 0.15) is 0 Å². The molecule has 72 valence electrons. The minimum atomic E-state index is -3.03. The van der Waals surface area contributed by atoms with Crippen LogP contribution in [0.25, 0.3) is 0 Å². The number of nitrogens with one attached hydrogen (secondary N) is 1. The standard InChI is InChI=1S/C7H15NO3S/c1-12(9,10)8-5-7-3-2-4-11-6-7/h7-8H,2-6H2,1H3. The molecule has 0 saturated carbocycles. The quantitative estimate of drug-likeness (QED) is 0.684. The Morgan fingerprint density at radius 1 is 1.58 bits per heavy atom. The molecule has 1 aliphatic heterocycles. The van der Waals surface area contributed by atoms with Crippen molar-refractivity contribution in [3.63, 3.8) is 0 Å². The van der Waals surface area contributed by atoms with E-state index in [1.54, 1.807) is 0 Å². The highest BCUT2D eigenvalue weighted by atomic mass is 32.2. The summed E-state index contributed by atoms with van der Waals surface area (Å²) in [7, 11) is -3.03. The number of sulfonamides is 1. The van der Waals surface area contributed by atoms with E-state index >= 15 is 0 Å². The van der Waals surface area contributed by atoms with Crippen molar-refractivity contribution in [1.29, 1.82) is 0 Å². The summed E-state index contributed by atoms with van der Waals surface area (Å²) < 4.78 is 29.1. The third-order valence-corrected chi connectivity index (χ3v) is 2.58. The summed E-state index contributed by atoms with van der Waals surface area (Å²) in [4.78, 5) is 0. The van der Waals surface area contributed by atoms with E-state index in [-0.39, 0.29) is 0 Å². The maximum atomic E-state index is 10.7. The van der Waals surface area contributed by atoms with E-state index < -0.39 is 10.0 Å². The summed E-state index contributed by atoms with van der Waals surface area (Å²) in [5, 5.41) is 0. The van der Waals surface area contributed by atoms with Gasteiger partial charge in [0.25, 0.3) is 0 Å². The largest absolute Gasteiger partial charge is 0.381 e. The molecule has 0 aliphatic carbocycles. The third kappa shape index (κ3) is 4.04. The van der Waals surface area contributed by atoms with Crippen molar-refractivity contribution < 1.29 is 13.2 Å². The van der Waals surface area contributed by atoms with Gasteiger partial charge in [-0.2, -0.15) is 0 Å². The van der Waals surface area contributed by atoms with E-state index in [0.29, 0.717) is 19.1 Å². The summed E-state index contributed by atoms with van der Waals surface area (Å²) in [6.07, 6.45) is 3.27. The average molecular weight is 193 g/mol. The second-order valence-corrected chi connectivity index (χ2v) is 5.04. The highest BCUT2D eigenvalue weighted by molar-refractivity contribution is 7.88. The van der Waals surface area contributed by atoms with Crippen LogP contribution in [0.5, 0.6) is 0 Å². The molecule has 0 bridgehead atoms. The van der Waals surface area contributed by atoms with Gasteiger partial charge in [0.15, 0.2) is 0 Å². The summed E-state index contributed by atoms with van der Waals surface area (Å²) in [5.74, 6) is 0.355. The molecule has 1 N–H and O–H groups in total. The van der Waals surface area contributed by atoms with Gasteiger partial charge in [-0.25, -0.2) is 13.1 Å². The fourth-order valence-electron chi connectivity index (χ4n) is 1.24. The van der Waals surface area contributed by atoms with Crippen LogP contribution in [0.15, 0.2) is 0 Å². The van der Waals surface area contributed by atoms with E-state index in [9.17, 15) is 8.42 Å². The molecule has 0 aromatic heterocycles. The van der Waals surface area contributed by atoms with Crippen LogP contribution in [-0.2, 0) is 14.8 Å². The molecule has 1 aliphatic rings. The Morgan fingerprint density at radius 3 is 2.83 bits per heavy atom. The van der Waals surface area contributed by atoms with Gasteiger partial charge in [0.2, 0.25) is 10.0 Å². The fourth-order valence-corrected chi connectivity index (χ4v) is 1.78. The second kappa shape index (κ2) is 4.20. The molecule has 0 radical (unpaired) electrons. The van der Waals surface area contributed by atoms with Crippen LogP contribution in [-0.4, -0.2) is 34.4 Å². The lowest BCUT2D eigenvalue weighted by Gasteiger charge is -2.21. The first-order chi connectivity index (χ1) is 5.58. The number of hydrogen-bond acceptors (Lipinski definition) is 3. The first kappa shape index (κ1) is 9.95. The van der Waals surface area contributed by atoms with Crippen molar-refractivity contribution in [3.8, 4) is 0 Å². The Morgan fingerprint density at radius 2 is 2.33 bits per heavy atom. The van der Waals surface area contributed by atoms with Crippen LogP contribution in [0.4, 0.5) is 0 Å². The van der Waals surface area contributed by atoms with Crippen LogP contribution in [0.1, 0.15) is 12.8 Å². The maximum Gasteiger partial charge on any atom is 0.208 e. The Balaban J connectivity index is 2.22. The first-order valence-electron chi connectivity index (χ1n) is 4.10. The minimum Gasteiger partial charge on any atom is -0.381 e. The van der Waals surface area contributed by atoms with Crippen molar-refractivity contribution in [2.45, 2.75) is 12.8 Å². The highest BCUT2D eigenvalue weighted by Crippen LogP contribution is 2.12. The predicted octanol–water partition coefficient (Wildman–Crippen LogP) is -0.0378. The molecule has 1 rings (SSSR count). The summed E-state index contributed by atoms with van der Waals surface area (Å²) in [6.45, 7) is 2.01. The lowest BCUT2D eigenvalue weighted by Crippen LogP contribution is -2.32. The SMILES string of the molecule is CS(=O)(=O)NCC1CCCOC1.